The molecule has 1 nitrogen and oxygen atoms in total. The maximum atomic E-state index is 3.67. The Morgan fingerprint density at radius 3 is 2.43 bits per heavy atom. The van der Waals surface area contributed by atoms with Crippen LogP contribution in [0.4, 0.5) is 5.69 Å². The highest BCUT2D eigenvalue weighted by molar-refractivity contribution is 9.11. The highest BCUT2D eigenvalue weighted by atomic mass is 79.9. The zero-order valence-corrected chi connectivity index (χ0v) is 11.4. The summed E-state index contributed by atoms with van der Waals surface area (Å²) < 4.78 is 2.40. The van der Waals surface area contributed by atoms with E-state index >= 15 is 0 Å². The first kappa shape index (κ1) is 10.5. The first-order valence-electron chi connectivity index (χ1n) is 4.89. The fraction of sp³-hybridized carbons (Fsp3) is 0.455. The lowest BCUT2D eigenvalue weighted by Gasteiger charge is -2.20. The van der Waals surface area contributed by atoms with Gasteiger partial charge in [-0.3, -0.25) is 0 Å². The average Bonchev–Trinajstić information content (AvgIpc) is 2.67. The van der Waals surface area contributed by atoms with Crippen LogP contribution < -0.4 is 4.90 Å². The minimum atomic E-state index is 1.17. The molecule has 3 heteroatoms. The van der Waals surface area contributed by atoms with Crippen molar-refractivity contribution in [3.63, 3.8) is 0 Å². The Hall–Kier alpha value is -0.0200. The summed E-state index contributed by atoms with van der Waals surface area (Å²) in [7, 11) is 0. The van der Waals surface area contributed by atoms with Crippen molar-refractivity contribution in [1.82, 2.24) is 0 Å². The largest absolute Gasteiger partial charge is 0.371 e. The highest BCUT2D eigenvalue weighted by Crippen LogP contribution is 2.35. The van der Waals surface area contributed by atoms with E-state index in [4.69, 9.17) is 0 Å². The molecule has 0 N–H and O–H groups in total. The molecular weight excluding hydrogens is 306 g/mol. The topological polar surface area (TPSA) is 3.24 Å². The van der Waals surface area contributed by atoms with E-state index < -0.39 is 0 Å². The van der Waals surface area contributed by atoms with Crippen LogP contribution >= 0.6 is 31.9 Å². The van der Waals surface area contributed by atoms with Gasteiger partial charge < -0.3 is 4.90 Å². The van der Waals surface area contributed by atoms with Crippen molar-refractivity contribution in [3.05, 3.63) is 26.6 Å². The molecule has 1 aromatic carbocycles. The molecule has 1 fully saturated rings. The molecule has 1 aliphatic heterocycles. The average molecular weight is 319 g/mol. The minimum absolute atomic E-state index is 1.17. The van der Waals surface area contributed by atoms with Crippen LogP contribution in [0.3, 0.4) is 0 Å². The summed E-state index contributed by atoms with van der Waals surface area (Å²) in [6.07, 6.45) is 2.64. The van der Waals surface area contributed by atoms with Crippen LogP contribution in [-0.4, -0.2) is 13.1 Å². The summed E-state index contributed by atoms with van der Waals surface area (Å²) in [5.41, 5.74) is 2.62. The summed E-state index contributed by atoms with van der Waals surface area (Å²) in [6.45, 7) is 4.52. The molecule has 1 aromatic rings. The van der Waals surface area contributed by atoms with E-state index in [2.05, 4.69) is 55.8 Å². The number of nitrogens with zero attached hydrogens (tertiary/aromatic N) is 1. The summed E-state index contributed by atoms with van der Waals surface area (Å²) in [6, 6.07) is 4.32. The van der Waals surface area contributed by atoms with Crippen LogP contribution in [0.15, 0.2) is 21.1 Å². The predicted octanol–water partition coefficient (Wildman–Crippen LogP) is 4.12. The Kier molecular flexibility index (Phi) is 3.17. The number of anilines is 1. The van der Waals surface area contributed by atoms with E-state index in [-0.39, 0.29) is 0 Å². The van der Waals surface area contributed by atoms with Crippen LogP contribution in [0.1, 0.15) is 18.4 Å². The minimum Gasteiger partial charge on any atom is -0.371 e. The van der Waals surface area contributed by atoms with Crippen LogP contribution in [0.25, 0.3) is 0 Å². The molecule has 0 radical (unpaired) electrons. The molecule has 0 unspecified atom stereocenters. The normalized spacial score (nSPS) is 16.4. The van der Waals surface area contributed by atoms with Crippen LogP contribution in [0, 0.1) is 6.92 Å². The Morgan fingerprint density at radius 2 is 1.79 bits per heavy atom. The molecule has 0 atom stereocenters. The number of rotatable bonds is 1. The van der Waals surface area contributed by atoms with E-state index in [9.17, 15) is 0 Å². The van der Waals surface area contributed by atoms with Gasteiger partial charge in [-0.1, -0.05) is 15.9 Å². The predicted molar refractivity (Wildman–Crippen MR) is 68.0 cm³/mol. The number of benzene rings is 1. The van der Waals surface area contributed by atoms with E-state index in [1.165, 1.54) is 46.1 Å². The molecular formula is C11H13Br2N. The molecule has 0 saturated carbocycles. The van der Waals surface area contributed by atoms with Crippen molar-refractivity contribution in [1.29, 1.82) is 0 Å². The van der Waals surface area contributed by atoms with Gasteiger partial charge in [0.25, 0.3) is 0 Å². The number of halogens is 2. The van der Waals surface area contributed by atoms with Gasteiger partial charge in [-0.05, 0) is 53.4 Å². The third-order valence-electron chi connectivity index (χ3n) is 2.75. The van der Waals surface area contributed by atoms with Crippen molar-refractivity contribution in [2.75, 3.05) is 18.0 Å². The summed E-state index contributed by atoms with van der Waals surface area (Å²) in [5, 5.41) is 0. The van der Waals surface area contributed by atoms with Gasteiger partial charge in [0, 0.05) is 22.0 Å². The lowest BCUT2D eigenvalue weighted by molar-refractivity contribution is 0.949. The number of hydrogen-bond acceptors (Lipinski definition) is 1. The molecule has 76 valence electrons. The van der Waals surface area contributed by atoms with Gasteiger partial charge in [0.1, 0.15) is 0 Å². The maximum absolute atomic E-state index is 3.67. The second-order valence-corrected chi connectivity index (χ2v) is 5.35. The maximum Gasteiger partial charge on any atom is 0.0514 e. The molecule has 1 heterocycles. The monoisotopic (exact) mass is 317 g/mol. The van der Waals surface area contributed by atoms with Gasteiger partial charge in [0.05, 0.1) is 5.69 Å². The van der Waals surface area contributed by atoms with E-state index in [1.54, 1.807) is 0 Å². The van der Waals surface area contributed by atoms with Gasteiger partial charge in [0.15, 0.2) is 0 Å². The fourth-order valence-corrected chi connectivity index (χ4v) is 3.04. The van der Waals surface area contributed by atoms with Crippen molar-refractivity contribution >= 4 is 37.5 Å². The summed E-state index contributed by atoms with van der Waals surface area (Å²) >= 11 is 7.21. The van der Waals surface area contributed by atoms with Crippen molar-refractivity contribution < 1.29 is 0 Å². The Bertz CT molecular complexity index is 343. The van der Waals surface area contributed by atoms with E-state index in [0.29, 0.717) is 0 Å². The van der Waals surface area contributed by atoms with E-state index in [1.807, 2.05) is 0 Å². The van der Waals surface area contributed by atoms with Crippen LogP contribution in [-0.2, 0) is 0 Å². The molecule has 14 heavy (non-hydrogen) atoms. The second-order valence-electron chi connectivity index (χ2n) is 3.70. The first-order chi connectivity index (χ1) is 6.70. The van der Waals surface area contributed by atoms with Crippen molar-refractivity contribution in [2.45, 2.75) is 19.8 Å². The Balaban J connectivity index is 2.38. The molecule has 0 aliphatic carbocycles. The molecule has 0 bridgehead atoms. The SMILES string of the molecule is Cc1c(Br)ccc(N2CCCC2)c1Br. The van der Waals surface area contributed by atoms with Gasteiger partial charge in [-0.2, -0.15) is 0 Å². The third kappa shape index (κ3) is 1.84. The molecule has 1 saturated heterocycles. The van der Waals surface area contributed by atoms with Crippen LogP contribution in [0.2, 0.25) is 0 Å². The zero-order chi connectivity index (χ0) is 10.1. The molecule has 2 rings (SSSR count). The van der Waals surface area contributed by atoms with Gasteiger partial charge >= 0.3 is 0 Å². The van der Waals surface area contributed by atoms with Gasteiger partial charge in [-0.25, -0.2) is 0 Å². The lowest BCUT2D eigenvalue weighted by atomic mass is 10.2. The second kappa shape index (κ2) is 4.23. The van der Waals surface area contributed by atoms with E-state index in [0.717, 1.165) is 0 Å². The van der Waals surface area contributed by atoms with Crippen molar-refractivity contribution in [3.8, 4) is 0 Å². The molecule has 1 aliphatic rings. The third-order valence-corrected chi connectivity index (χ3v) is 4.61. The summed E-state index contributed by atoms with van der Waals surface area (Å²) in [4.78, 5) is 2.45. The smallest absolute Gasteiger partial charge is 0.0514 e. The molecule has 0 amide bonds. The Morgan fingerprint density at radius 1 is 1.14 bits per heavy atom. The number of hydrogen-bond donors (Lipinski definition) is 0. The molecule has 0 aromatic heterocycles. The van der Waals surface area contributed by atoms with Gasteiger partial charge in [-0.15, -0.1) is 0 Å². The quantitative estimate of drug-likeness (QED) is 0.753. The molecule has 0 spiro atoms. The lowest BCUT2D eigenvalue weighted by Crippen LogP contribution is -2.18. The van der Waals surface area contributed by atoms with Gasteiger partial charge in [0.2, 0.25) is 0 Å². The fourth-order valence-electron chi connectivity index (χ4n) is 1.85. The zero-order valence-electron chi connectivity index (χ0n) is 8.19. The summed E-state index contributed by atoms with van der Waals surface area (Å²) in [5.74, 6) is 0. The highest BCUT2D eigenvalue weighted by Gasteiger charge is 2.16. The van der Waals surface area contributed by atoms with Crippen LogP contribution in [0.5, 0.6) is 0 Å². The van der Waals surface area contributed by atoms with Crippen molar-refractivity contribution in [2.24, 2.45) is 0 Å². The Labute approximate surface area is 102 Å². The standard InChI is InChI=1S/C11H13Br2N/c1-8-9(12)4-5-10(11(8)13)14-6-2-3-7-14/h4-5H,2-3,6-7H2,1H3. The first-order valence-corrected chi connectivity index (χ1v) is 6.48.